The van der Waals surface area contributed by atoms with Crippen molar-refractivity contribution in [2.24, 2.45) is 87.7 Å². The first-order chi connectivity index (χ1) is 29.3. The van der Waals surface area contributed by atoms with Gasteiger partial charge in [-0.05, 0) is 144 Å². The Bertz CT molecular complexity index is 1550. The van der Waals surface area contributed by atoms with Crippen molar-refractivity contribution in [3.8, 4) is 11.8 Å². The van der Waals surface area contributed by atoms with E-state index in [-0.39, 0.29) is 60.1 Å². The lowest BCUT2D eigenvalue weighted by Crippen LogP contribution is -2.94. The number of piperidine rings is 1. The predicted octanol–water partition coefficient (Wildman–Crippen LogP) is 6.57. The molecule has 2 aliphatic heterocycles. The number of methoxy groups -OCH3 is 1. The standard InChI is InChI=1S/C52H83N3O6/c1-7-10-42(47(57)28-40-25-39(30-55-40)32(4)5)38-23-34(21-33-19-20-54-50(53)24-33)22-36-15-17-43(41-12-9-8-11-35(41)14-13-31(2)3)44-29-48(58)49(61-6)27-37(44)16-18-46(56)52(60)51(59)45(36)26-38/h25,30-38,41-45,47-50,52,54,57-58H,7-14,16,18-24,26-29,53H2,1-6H3/p+1. The molecule has 342 valence electrons. The molecule has 61 heavy (non-hydrogen) atoms. The number of rotatable bonds is 14. The second-order valence-corrected chi connectivity index (χ2v) is 21.7. The van der Waals surface area contributed by atoms with Crippen LogP contribution in [-0.2, 0) is 14.3 Å². The third-order valence-electron chi connectivity index (χ3n) is 16.6. The number of aliphatic hydroxyl groups excluding tert-OH is 2. The quantitative estimate of drug-likeness (QED) is 0.0874. The number of carbonyl (C=O) groups is 2. The van der Waals surface area contributed by atoms with Crippen molar-refractivity contribution in [2.45, 2.75) is 187 Å². The number of hydrogen-bond acceptors (Lipinski definition) is 8. The molecule has 16 unspecified atom stereocenters. The van der Waals surface area contributed by atoms with Gasteiger partial charge >= 0.3 is 0 Å². The molecule has 9 nitrogen and oxygen atoms in total. The molecule has 3 saturated carbocycles. The molecule has 0 aromatic carbocycles. The van der Waals surface area contributed by atoms with E-state index < -0.39 is 35.8 Å². The fourth-order valence-electron chi connectivity index (χ4n) is 13.2. The first kappa shape index (κ1) is 48.4. The van der Waals surface area contributed by atoms with Crippen molar-refractivity contribution in [2.75, 3.05) is 13.7 Å². The number of aliphatic hydroxyl groups is 2. The smallest absolute Gasteiger partial charge is 0.177 e. The molecule has 16 atom stereocenters. The molecule has 0 aromatic heterocycles. The summed E-state index contributed by atoms with van der Waals surface area (Å²) in [6.07, 6.45) is 16.7. The minimum absolute atomic E-state index is 0.00216. The number of ketones is 2. The number of Topliss-reactive ketones (excluding diaryl/α,β-unsaturated/α-hetero) is 2. The van der Waals surface area contributed by atoms with Crippen LogP contribution in [0.15, 0.2) is 16.8 Å². The Labute approximate surface area is 369 Å². The number of aliphatic imine (C=N–C) groups is 1. The van der Waals surface area contributed by atoms with Gasteiger partial charge in [0.1, 0.15) is 35.9 Å². The molecule has 6 rings (SSSR count). The van der Waals surface area contributed by atoms with Gasteiger partial charge in [-0.1, -0.05) is 64.7 Å². The second kappa shape index (κ2) is 22.7. The van der Waals surface area contributed by atoms with E-state index >= 15 is 0 Å². The zero-order valence-electron chi connectivity index (χ0n) is 38.8. The molecule has 0 bridgehead atoms. The normalized spacial score (nSPS) is 38.7. The number of ether oxygens (including phenoxy) is 1. The summed E-state index contributed by atoms with van der Waals surface area (Å²) in [5.41, 5.74) is 7.42. The second-order valence-electron chi connectivity index (χ2n) is 21.7. The van der Waals surface area contributed by atoms with Crippen molar-refractivity contribution >= 4 is 17.8 Å². The highest BCUT2D eigenvalue weighted by molar-refractivity contribution is 6.05. The Morgan fingerprint density at radius 2 is 1.77 bits per heavy atom. The Morgan fingerprint density at radius 1 is 0.984 bits per heavy atom. The Morgan fingerprint density at radius 3 is 2.48 bits per heavy atom. The average Bonchev–Trinajstić information content (AvgIpc) is 3.63. The molecule has 0 spiro atoms. The summed E-state index contributed by atoms with van der Waals surface area (Å²) in [5, 5.41) is 40.1. The van der Waals surface area contributed by atoms with Crippen molar-refractivity contribution in [3.05, 3.63) is 17.7 Å². The summed E-state index contributed by atoms with van der Waals surface area (Å²) in [5.74, 6) is 9.78. The third kappa shape index (κ3) is 12.6. The lowest BCUT2D eigenvalue weighted by atomic mass is 9.60. The molecule has 0 radical (unpaired) electrons. The maximum Gasteiger partial charge on any atom is 0.177 e. The summed E-state index contributed by atoms with van der Waals surface area (Å²) in [7, 11) is 1.65. The largest absolute Gasteiger partial charge is 0.841 e. The molecular weight excluding hydrogens is 763 g/mol. The molecule has 4 fully saturated rings. The molecule has 6 N–H and O–H groups in total. The number of hydrogen-bond donors (Lipinski definition) is 4. The summed E-state index contributed by atoms with van der Waals surface area (Å²) >= 11 is 0. The first-order valence-electron chi connectivity index (χ1n) is 25.1. The van der Waals surface area contributed by atoms with E-state index in [4.69, 9.17) is 15.5 Å². The summed E-state index contributed by atoms with van der Waals surface area (Å²) in [6.45, 7) is 12.1. The first-order valence-corrected chi connectivity index (χ1v) is 25.1. The SMILES string of the molecule is CCCC(C(O)CC1=C[C+](C(C)C)C=N1)C1CC(CC2CC[NH2+]C(N)C2)CC2C#CC(C3CCCCC3CCC(C)C)C3CC(O)C(OC)CC3CCC(=O)C([O-])C(=O)C2C1. The van der Waals surface area contributed by atoms with Gasteiger partial charge in [0.2, 0.25) is 0 Å². The molecule has 0 amide bonds. The zero-order chi connectivity index (χ0) is 43.8. The fraction of sp³-hybridized carbons (Fsp3) is 0.846. The molecule has 0 aromatic rings. The molecule has 4 aliphatic carbocycles. The third-order valence-corrected chi connectivity index (χ3v) is 16.6. The molecule has 6 aliphatic rings. The van der Waals surface area contributed by atoms with E-state index in [2.05, 4.69) is 57.9 Å². The summed E-state index contributed by atoms with van der Waals surface area (Å²) in [6, 6.07) is 0. The number of nitrogens with two attached hydrogens (primary N) is 2. The van der Waals surface area contributed by atoms with E-state index in [1.54, 1.807) is 7.11 Å². The van der Waals surface area contributed by atoms with Crippen LogP contribution in [0.4, 0.5) is 0 Å². The van der Waals surface area contributed by atoms with Crippen molar-refractivity contribution < 1.29 is 35.0 Å². The number of fused-ring (bicyclic) bond motifs is 2. The van der Waals surface area contributed by atoms with Gasteiger partial charge in [-0.25, -0.2) is 0 Å². The number of quaternary nitrogens is 1. The predicted molar refractivity (Wildman–Crippen MR) is 240 cm³/mol. The Hall–Kier alpha value is -2.06. The van der Waals surface area contributed by atoms with Gasteiger partial charge in [0, 0.05) is 43.6 Å². The van der Waals surface area contributed by atoms with Gasteiger partial charge in [-0.2, -0.15) is 0 Å². The van der Waals surface area contributed by atoms with E-state index in [1.807, 2.05) is 6.21 Å². The highest BCUT2D eigenvalue weighted by atomic mass is 16.5. The van der Waals surface area contributed by atoms with Crippen LogP contribution in [0.1, 0.15) is 157 Å². The maximum atomic E-state index is 14.8. The highest BCUT2D eigenvalue weighted by Gasteiger charge is 2.47. The fourth-order valence-corrected chi connectivity index (χ4v) is 13.2. The van der Waals surface area contributed by atoms with Gasteiger partial charge in [0.15, 0.2) is 5.70 Å². The van der Waals surface area contributed by atoms with E-state index in [1.165, 1.54) is 38.0 Å². The van der Waals surface area contributed by atoms with Crippen molar-refractivity contribution in [3.63, 3.8) is 0 Å². The minimum atomic E-state index is -1.93. The maximum absolute atomic E-state index is 14.8. The average molecular weight is 847 g/mol. The summed E-state index contributed by atoms with van der Waals surface area (Å²) in [4.78, 5) is 33.5. The van der Waals surface area contributed by atoms with Gasteiger partial charge in [0.05, 0.1) is 31.3 Å². The van der Waals surface area contributed by atoms with Crippen LogP contribution in [-0.4, -0.2) is 72.2 Å². The van der Waals surface area contributed by atoms with Gasteiger partial charge in [-0.15, -0.1) is 4.99 Å². The van der Waals surface area contributed by atoms with Gasteiger partial charge < -0.3 is 35.0 Å². The van der Waals surface area contributed by atoms with Gasteiger partial charge in [0.25, 0.3) is 0 Å². The summed E-state index contributed by atoms with van der Waals surface area (Å²) < 4.78 is 5.81. The highest BCUT2D eigenvalue weighted by Crippen LogP contribution is 2.49. The van der Waals surface area contributed by atoms with Crippen LogP contribution in [0.2, 0.25) is 0 Å². The minimum Gasteiger partial charge on any atom is -0.841 e. The number of nitrogens with zero attached hydrogens (tertiary/aromatic N) is 1. The lowest BCUT2D eigenvalue weighted by molar-refractivity contribution is -0.699. The van der Waals surface area contributed by atoms with E-state index in [0.717, 1.165) is 57.2 Å². The zero-order valence-corrected chi connectivity index (χ0v) is 38.8. The van der Waals surface area contributed by atoms with E-state index in [0.29, 0.717) is 68.1 Å². The molecule has 9 heteroatoms. The lowest BCUT2D eigenvalue weighted by Gasteiger charge is -2.46. The Kier molecular flexibility index (Phi) is 18.0. The van der Waals surface area contributed by atoms with Crippen LogP contribution in [0.5, 0.6) is 0 Å². The number of allylic oxidation sites excluding steroid dienone is 1. The van der Waals surface area contributed by atoms with E-state index in [9.17, 15) is 24.9 Å². The number of carbonyl (C=O) groups excluding carboxylic acids is 2. The van der Waals surface area contributed by atoms with Gasteiger partial charge in [-0.3, -0.25) is 5.73 Å². The molecular formula is C52H84N3O6+. The van der Waals surface area contributed by atoms with Crippen molar-refractivity contribution in [1.29, 1.82) is 0 Å². The molecule has 2 heterocycles. The molecule has 1 saturated heterocycles. The van der Waals surface area contributed by atoms with Crippen LogP contribution in [0, 0.1) is 94.7 Å². The van der Waals surface area contributed by atoms with Crippen molar-refractivity contribution in [1.82, 2.24) is 0 Å². The van der Waals surface area contributed by atoms with Crippen LogP contribution >= 0.6 is 0 Å². The Balaban J connectivity index is 1.42. The van der Waals surface area contributed by atoms with Crippen LogP contribution < -0.4 is 16.2 Å². The van der Waals surface area contributed by atoms with Crippen LogP contribution in [0.3, 0.4) is 0 Å². The monoisotopic (exact) mass is 847 g/mol. The topological polar surface area (TPSA) is 162 Å². The van der Waals surface area contributed by atoms with Crippen LogP contribution in [0.25, 0.3) is 0 Å².